The summed E-state index contributed by atoms with van der Waals surface area (Å²) in [6.45, 7) is 2.05. The highest BCUT2D eigenvalue weighted by Crippen LogP contribution is 2.48. The van der Waals surface area contributed by atoms with Crippen molar-refractivity contribution in [1.82, 2.24) is 14.8 Å². The van der Waals surface area contributed by atoms with Crippen LogP contribution in [0.1, 0.15) is 52.9 Å². The van der Waals surface area contributed by atoms with Crippen molar-refractivity contribution in [3.05, 3.63) is 88.8 Å². The first kappa shape index (κ1) is 26.8. The molecule has 0 bridgehead atoms. The van der Waals surface area contributed by atoms with Crippen molar-refractivity contribution in [1.29, 1.82) is 0 Å². The Morgan fingerprint density at radius 3 is 2.61 bits per heavy atom. The Kier molecular flexibility index (Phi) is 6.67. The van der Waals surface area contributed by atoms with E-state index in [1.165, 1.54) is 18.1 Å². The molecular formula is C30H25F4N3O4. The minimum Gasteiger partial charge on any atom is -0.492 e. The number of aromatic nitrogens is 3. The molecule has 7 nitrogen and oxygen atoms in total. The number of halogens is 4. The van der Waals surface area contributed by atoms with Gasteiger partial charge in [-0.3, -0.25) is 4.79 Å². The molecule has 41 heavy (non-hydrogen) atoms. The molecule has 2 aliphatic rings. The van der Waals surface area contributed by atoms with Crippen LogP contribution in [-0.4, -0.2) is 34.5 Å². The fourth-order valence-corrected chi connectivity index (χ4v) is 5.62. The predicted molar refractivity (Wildman–Crippen MR) is 139 cm³/mol. The first-order valence-corrected chi connectivity index (χ1v) is 13.0. The average molecular weight is 568 g/mol. The summed E-state index contributed by atoms with van der Waals surface area (Å²) in [7, 11) is 1.33. The van der Waals surface area contributed by atoms with Crippen LogP contribution in [0.15, 0.2) is 54.9 Å². The fourth-order valence-electron chi connectivity index (χ4n) is 5.62. The van der Waals surface area contributed by atoms with Gasteiger partial charge in [0.15, 0.2) is 0 Å². The SMILES string of the molecule is COC(=O)C[C@@H]1COc2cc(O[C@@H]3CCc4c(-c5ccc(-n6cnc(C)n6)cc5)c(C(F)(F)F)cc(F)c43)ccc21. The first-order chi connectivity index (χ1) is 19.6. The monoisotopic (exact) mass is 567 g/mol. The number of fused-ring (bicyclic) bond motifs is 2. The maximum Gasteiger partial charge on any atom is 0.417 e. The largest absolute Gasteiger partial charge is 0.492 e. The molecule has 3 aromatic carbocycles. The van der Waals surface area contributed by atoms with Gasteiger partial charge in [0, 0.05) is 23.1 Å². The number of carbonyl (C=O) groups excluding carboxylic acids is 1. The number of aryl methyl sites for hydroxylation is 1. The number of methoxy groups -OCH3 is 1. The first-order valence-electron chi connectivity index (χ1n) is 13.0. The predicted octanol–water partition coefficient (Wildman–Crippen LogP) is 6.51. The van der Waals surface area contributed by atoms with Crippen molar-refractivity contribution in [3.63, 3.8) is 0 Å². The quantitative estimate of drug-likeness (QED) is 0.196. The summed E-state index contributed by atoms with van der Waals surface area (Å²) in [5.41, 5.74) is 1.11. The van der Waals surface area contributed by atoms with Crippen LogP contribution in [0.25, 0.3) is 16.8 Å². The van der Waals surface area contributed by atoms with Crippen LogP contribution in [0.5, 0.6) is 11.5 Å². The summed E-state index contributed by atoms with van der Waals surface area (Å²) in [6.07, 6.45) is -3.33. The highest BCUT2D eigenvalue weighted by atomic mass is 19.4. The summed E-state index contributed by atoms with van der Waals surface area (Å²) < 4.78 is 76.0. The Morgan fingerprint density at radius 2 is 1.93 bits per heavy atom. The minimum absolute atomic E-state index is 0.0516. The van der Waals surface area contributed by atoms with Crippen molar-refractivity contribution < 1.29 is 36.6 Å². The highest BCUT2D eigenvalue weighted by Gasteiger charge is 2.40. The second-order valence-electron chi connectivity index (χ2n) is 10.1. The molecule has 0 radical (unpaired) electrons. The lowest BCUT2D eigenvalue weighted by Crippen LogP contribution is -2.13. The molecule has 2 atom stereocenters. The van der Waals surface area contributed by atoms with Crippen LogP contribution in [-0.2, 0) is 22.1 Å². The van der Waals surface area contributed by atoms with Gasteiger partial charge in [-0.25, -0.2) is 14.1 Å². The lowest BCUT2D eigenvalue weighted by molar-refractivity contribution is -0.141. The van der Waals surface area contributed by atoms with Crippen LogP contribution in [0.4, 0.5) is 17.6 Å². The molecule has 1 aliphatic carbocycles. The summed E-state index contributed by atoms with van der Waals surface area (Å²) in [5, 5.41) is 4.23. The number of benzene rings is 3. The van der Waals surface area contributed by atoms with Crippen molar-refractivity contribution in [2.75, 3.05) is 13.7 Å². The Morgan fingerprint density at radius 1 is 1.15 bits per heavy atom. The number of rotatable bonds is 6. The number of hydrogen-bond acceptors (Lipinski definition) is 6. The van der Waals surface area contributed by atoms with E-state index in [0.717, 1.165) is 5.56 Å². The standard InChI is InChI=1S/C30H25F4N3O4/c1-16-35-15-37(36-16)19-5-3-17(4-6-19)28-22-9-10-25(29(22)24(31)13-23(28)30(32,33)34)41-20-7-8-21-18(11-27(38)39-2)14-40-26(21)12-20/h3-8,12-13,15,18,25H,9-11,14H2,1-2H3/t18-,25-/m1/s1. The smallest absolute Gasteiger partial charge is 0.417 e. The van der Waals surface area contributed by atoms with Gasteiger partial charge >= 0.3 is 12.1 Å². The van der Waals surface area contributed by atoms with Crippen LogP contribution in [0.3, 0.4) is 0 Å². The zero-order chi connectivity index (χ0) is 28.9. The lowest BCUT2D eigenvalue weighted by Gasteiger charge is -2.21. The van der Waals surface area contributed by atoms with Gasteiger partial charge in [-0.15, -0.1) is 0 Å². The molecule has 4 aromatic rings. The molecule has 0 saturated carbocycles. The third kappa shape index (κ3) is 5.00. The maximum atomic E-state index is 15.4. The van der Waals surface area contributed by atoms with E-state index < -0.39 is 23.7 Å². The van der Waals surface area contributed by atoms with Crippen LogP contribution >= 0.6 is 0 Å². The van der Waals surface area contributed by atoms with Crippen molar-refractivity contribution >= 4 is 5.97 Å². The van der Waals surface area contributed by atoms with Gasteiger partial charge in [-0.1, -0.05) is 18.2 Å². The van der Waals surface area contributed by atoms with E-state index in [0.29, 0.717) is 47.7 Å². The van der Waals surface area contributed by atoms with E-state index in [9.17, 15) is 18.0 Å². The second kappa shape index (κ2) is 10.2. The third-order valence-corrected chi connectivity index (χ3v) is 7.52. The van der Waals surface area contributed by atoms with Gasteiger partial charge < -0.3 is 14.2 Å². The van der Waals surface area contributed by atoms with E-state index in [1.807, 2.05) is 0 Å². The molecule has 0 spiro atoms. The number of ether oxygens (including phenoxy) is 3. The van der Waals surface area contributed by atoms with E-state index >= 15 is 4.39 Å². The molecule has 0 unspecified atom stereocenters. The fraction of sp³-hybridized carbons (Fsp3) is 0.300. The number of hydrogen-bond donors (Lipinski definition) is 0. The Labute approximate surface area is 232 Å². The molecule has 6 rings (SSSR count). The van der Waals surface area contributed by atoms with E-state index in [4.69, 9.17) is 14.2 Å². The summed E-state index contributed by atoms with van der Waals surface area (Å²) >= 11 is 0. The molecule has 0 N–H and O–H groups in total. The Hall–Kier alpha value is -4.41. The van der Waals surface area contributed by atoms with Crippen molar-refractivity contribution in [3.8, 4) is 28.3 Å². The summed E-state index contributed by atoms with van der Waals surface area (Å²) in [4.78, 5) is 15.8. The third-order valence-electron chi connectivity index (χ3n) is 7.52. The molecule has 11 heteroatoms. The molecule has 0 fully saturated rings. The minimum atomic E-state index is -4.76. The van der Waals surface area contributed by atoms with Gasteiger partial charge in [0.05, 0.1) is 31.4 Å². The number of nitrogens with zero attached hydrogens (tertiary/aromatic N) is 3. The second-order valence-corrected chi connectivity index (χ2v) is 10.1. The van der Waals surface area contributed by atoms with Crippen LogP contribution in [0.2, 0.25) is 0 Å². The van der Waals surface area contributed by atoms with Crippen molar-refractivity contribution in [2.24, 2.45) is 0 Å². The molecule has 0 saturated heterocycles. The molecule has 212 valence electrons. The molecule has 1 aromatic heterocycles. The maximum absolute atomic E-state index is 15.4. The number of carbonyl (C=O) groups is 1. The lowest BCUT2D eigenvalue weighted by atomic mass is 9.90. The van der Waals surface area contributed by atoms with Crippen LogP contribution in [0, 0.1) is 12.7 Å². The van der Waals surface area contributed by atoms with Gasteiger partial charge in [0.1, 0.15) is 35.6 Å². The number of alkyl halides is 3. The van der Waals surface area contributed by atoms with E-state index in [2.05, 4.69) is 10.1 Å². The number of esters is 1. The van der Waals surface area contributed by atoms with Crippen LogP contribution < -0.4 is 9.47 Å². The topological polar surface area (TPSA) is 75.5 Å². The molecule has 0 amide bonds. The average Bonchev–Trinajstić information content (AvgIpc) is 3.67. The van der Waals surface area contributed by atoms with E-state index in [1.54, 1.807) is 49.4 Å². The zero-order valence-electron chi connectivity index (χ0n) is 22.2. The normalized spacial score (nSPS) is 17.6. The highest BCUT2D eigenvalue weighted by molar-refractivity contribution is 5.75. The van der Waals surface area contributed by atoms with Gasteiger partial charge in [-0.05, 0) is 60.7 Å². The van der Waals surface area contributed by atoms with Crippen molar-refractivity contribution in [2.45, 2.75) is 44.4 Å². The molecule has 1 aliphatic heterocycles. The zero-order valence-corrected chi connectivity index (χ0v) is 22.2. The molecule has 2 heterocycles. The summed E-state index contributed by atoms with van der Waals surface area (Å²) in [6, 6.07) is 12.2. The Balaban J connectivity index is 1.33. The van der Waals surface area contributed by atoms with Gasteiger partial charge in [0.2, 0.25) is 0 Å². The van der Waals surface area contributed by atoms with E-state index in [-0.39, 0.29) is 41.4 Å². The Bertz CT molecular complexity index is 1630. The van der Waals surface area contributed by atoms with Gasteiger partial charge in [0.25, 0.3) is 0 Å². The molecular weight excluding hydrogens is 542 g/mol. The summed E-state index contributed by atoms with van der Waals surface area (Å²) in [5.74, 6) is 0.0524. The van der Waals surface area contributed by atoms with Gasteiger partial charge in [-0.2, -0.15) is 18.3 Å².